The maximum atomic E-state index is 12.4. The Morgan fingerprint density at radius 2 is 1.55 bits per heavy atom. The van der Waals surface area contributed by atoms with Crippen molar-refractivity contribution in [1.82, 2.24) is 4.90 Å². The normalized spacial score (nSPS) is 10.6. The van der Waals surface area contributed by atoms with E-state index in [0.29, 0.717) is 23.6 Å². The third-order valence-corrected chi connectivity index (χ3v) is 3.72. The molecule has 110 valence electrons. The number of amides is 2. The van der Waals surface area contributed by atoms with Crippen molar-refractivity contribution in [3.8, 4) is 0 Å². The summed E-state index contributed by atoms with van der Waals surface area (Å²) < 4.78 is 0. The largest absolute Gasteiger partial charge is 0.366 e. The van der Waals surface area contributed by atoms with Crippen LogP contribution in [-0.4, -0.2) is 29.8 Å². The summed E-state index contributed by atoms with van der Waals surface area (Å²) in [5.41, 5.74) is 6.21. The molecule has 0 saturated heterocycles. The first kappa shape index (κ1) is 16.2. The highest BCUT2D eigenvalue weighted by molar-refractivity contribution is 5.97. The quantitative estimate of drug-likeness (QED) is 0.832. The van der Waals surface area contributed by atoms with E-state index in [1.165, 1.54) is 0 Å². The van der Waals surface area contributed by atoms with E-state index < -0.39 is 5.91 Å². The molecule has 0 atom stereocenters. The molecule has 2 amide bonds. The predicted molar refractivity (Wildman–Crippen MR) is 80.6 cm³/mol. The van der Waals surface area contributed by atoms with Gasteiger partial charge >= 0.3 is 0 Å². The van der Waals surface area contributed by atoms with Crippen molar-refractivity contribution in [3.05, 3.63) is 35.4 Å². The molecule has 0 fully saturated rings. The third kappa shape index (κ3) is 4.08. The molecule has 0 radical (unpaired) electrons. The highest BCUT2D eigenvalue weighted by Gasteiger charge is 2.17. The van der Waals surface area contributed by atoms with Crippen molar-refractivity contribution < 1.29 is 9.59 Å². The van der Waals surface area contributed by atoms with Crippen LogP contribution in [0.5, 0.6) is 0 Å². The van der Waals surface area contributed by atoms with Crippen LogP contribution in [-0.2, 0) is 0 Å². The van der Waals surface area contributed by atoms with Crippen molar-refractivity contribution >= 4 is 11.8 Å². The van der Waals surface area contributed by atoms with Crippen LogP contribution in [0.3, 0.4) is 0 Å². The summed E-state index contributed by atoms with van der Waals surface area (Å²) >= 11 is 0. The number of primary amides is 1. The van der Waals surface area contributed by atoms with Crippen LogP contribution in [0.4, 0.5) is 0 Å². The molecular weight excluding hydrogens is 252 g/mol. The maximum absolute atomic E-state index is 12.4. The van der Waals surface area contributed by atoms with E-state index in [2.05, 4.69) is 13.8 Å². The van der Waals surface area contributed by atoms with Crippen molar-refractivity contribution in [2.45, 2.75) is 33.6 Å². The van der Waals surface area contributed by atoms with Crippen LogP contribution in [0.1, 0.15) is 54.3 Å². The van der Waals surface area contributed by atoms with Gasteiger partial charge in [-0.25, -0.2) is 0 Å². The van der Waals surface area contributed by atoms with E-state index in [-0.39, 0.29) is 5.91 Å². The lowest BCUT2D eigenvalue weighted by Gasteiger charge is -2.25. The van der Waals surface area contributed by atoms with Crippen LogP contribution >= 0.6 is 0 Å². The molecule has 0 spiro atoms. The Bertz CT molecular complexity index is 450. The summed E-state index contributed by atoms with van der Waals surface area (Å²) in [6.45, 7) is 7.74. The smallest absolute Gasteiger partial charge is 0.253 e. The number of nitrogens with two attached hydrogens (primary N) is 1. The summed E-state index contributed by atoms with van der Waals surface area (Å²) in [5.74, 6) is 0.0626. The number of carbonyl (C=O) groups excluding carboxylic acids is 2. The molecule has 4 heteroatoms. The molecule has 20 heavy (non-hydrogen) atoms. The summed E-state index contributed by atoms with van der Waals surface area (Å²) in [7, 11) is 0. The first-order valence-electron chi connectivity index (χ1n) is 7.22. The molecule has 1 rings (SSSR count). The Hall–Kier alpha value is -1.84. The van der Waals surface area contributed by atoms with Gasteiger partial charge in [0.15, 0.2) is 0 Å². The number of nitrogens with zero attached hydrogens (tertiary/aromatic N) is 1. The van der Waals surface area contributed by atoms with Gasteiger partial charge in [0.2, 0.25) is 5.91 Å². The summed E-state index contributed by atoms with van der Waals surface area (Å²) in [6, 6.07) is 6.52. The van der Waals surface area contributed by atoms with Crippen LogP contribution in [0.15, 0.2) is 24.3 Å². The van der Waals surface area contributed by atoms with Gasteiger partial charge in [-0.2, -0.15) is 0 Å². The molecule has 0 bridgehead atoms. The van der Waals surface area contributed by atoms with Gasteiger partial charge in [0.25, 0.3) is 5.91 Å². The second kappa shape index (κ2) is 7.68. The average Bonchev–Trinajstić information content (AvgIpc) is 2.48. The molecule has 0 aliphatic carbocycles. The molecule has 1 aromatic carbocycles. The predicted octanol–water partition coefficient (Wildman–Crippen LogP) is 2.68. The topological polar surface area (TPSA) is 63.4 Å². The van der Waals surface area contributed by atoms with Crippen molar-refractivity contribution in [2.75, 3.05) is 13.1 Å². The van der Waals surface area contributed by atoms with E-state index in [4.69, 9.17) is 5.73 Å². The molecule has 0 aliphatic rings. The van der Waals surface area contributed by atoms with E-state index in [0.717, 1.165) is 19.4 Å². The van der Waals surface area contributed by atoms with Gasteiger partial charge in [-0.15, -0.1) is 0 Å². The van der Waals surface area contributed by atoms with Crippen LogP contribution in [0.2, 0.25) is 0 Å². The molecule has 0 heterocycles. The summed E-state index contributed by atoms with van der Waals surface area (Å²) in [6.07, 6.45) is 2.14. The number of hydrogen-bond acceptors (Lipinski definition) is 2. The first-order chi connectivity index (χ1) is 9.53. The van der Waals surface area contributed by atoms with Crippen molar-refractivity contribution in [1.29, 1.82) is 0 Å². The monoisotopic (exact) mass is 276 g/mol. The van der Waals surface area contributed by atoms with Gasteiger partial charge in [-0.3, -0.25) is 9.59 Å². The lowest BCUT2D eigenvalue weighted by molar-refractivity contribution is 0.0734. The molecule has 0 aromatic heterocycles. The Balaban J connectivity index is 2.82. The lowest BCUT2D eigenvalue weighted by atomic mass is 10.0. The summed E-state index contributed by atoms with van der Waals surface area (Å²) in [5, 5.41) is 0. The number of hydrogen-bond donors (Lipinski definition) is 1. The number of benzene rings is 1. The van der Waals surface area contributed by atoms with Crippen LogP contribution in [0.25, 0.3) is 0 Å². The van der Waals surface area contributed by atoms with E-state index >= 15 is 0 Å². The van der Waals surface area contributed by atoms with E-state index in [1.54, 1.807) is 24.3 Å². The number of carbonyl (C=O) groups is 2. The van der Waals surface area contributed by atoms with Gasteiger partial charge in [0, 0.05) is 24.2 Å². The molecule has 0 saturated carbocycles. The van der Waals surface area contributed by atoms with Crippen molar-refractivity contribution in [3.63, 3.8) is 0 Å². The summed E-state index contributed by atoms with van der Waals surface area (Å²) in [4.78, 5) is 25.3. The van der Waals surface area contributed by atoms with Gasteiger partial charge in [0.05, 0.1) is 0 Å². The molecule has 0 unspecified atom stereocenters. The molecule has 4 nitrogen and oxygen atoms in total. The second-order valence-electron chi connectivity index (χ2n) is 4.97. The number of rotatable bonds is 7. The minimum atomic E-state index is -0.478. The molecular formula is C16H24N2O2. The zero-order valence-corrected chi connectivity index (χ0v) is 12.6. The van der Waals surface area contributed by atoms with Gasteiger partial charge < -0.3 is 10.6 Å². The average molecular weight is 276 g/mol. The Labute approximate surface area is 121 Å². The highest BCUT2D eigenvalue weighted by atomic mass is 16.2. The minimum Gasteiger partial charge on any atom is -0.366 e. The van der Waals surface area contributed by atoms with Crippen LogP contribution < -0.4 is 5.73 Å². The zero-order chi connectivity index (χ0) is 15.1. The Kier molecular flexibility index (Phi) is 6.22. The van der Waals surface area contributed by atoms with E-state index in [9.17, 15) is 9.59 Å². The molecule has 0 aliphatic heterocycles. The van der Waals surface area contributed by atoms with Crippen molar-refractivity contribution in [2.24, 2.45) is 11.7 Å². The van der Waals surface area contributed by atoms with Gasteiger partial charge in [0.1, 0.15) is 0 Å². The molecule has 2 N–H and O–H groups in total. The zero-order valence-electron chi connectivity index (χ0n) is 12.6. The Morgan fingerprint density at radius 3 is 1.95 bits per heavy atom. The molecule has 1 aromatic rings. The second-order valence-corrected chi connectivity index (χ2v) is 4.97. The van der Waals surface area contributed by atoms with Gasteiger partial charge in [-0.1, -0.05) is 26.7 Å². The van der Waals surface area contributed by atoms with E-state index in [1.807, 2.05) is 11.8 Å². The fraction of sp³-hybridized carbons (Fsp3) is 0.500. The Morgan fingerprint density at radius 1 is 1.05 bits per heavy atom. The first-order valence-corrected chi connectivity index (χ1v) is 7.22. The van der Waals surface area contributed by atoms with Gasteiger partial charge in [-0.05, 0) is 37.1 Å². The lowest BCUT2D eigenvalue weighted by Crippen LogP contribution is -2.35. The third-order valence-electron chi connectivity index (χ3n) is 3.72. The SMILES string of the molecule is CCC(CC)CN(CC)C(=O)c1ccc(C(N)=O)cc1. The highest BCUT2D eigenvalue weighted by Crippen LogP contribution is 2.13. The maximum Gasteiger partial charge on any atom is 0.253 e. The fourth-order valence-corrected chi connectivity index (χ4v) is 2.17. The fourth-order valence-electron chi connectivity index (χ4n) is 2.17. The van der Waals surface area contributed by atoms with Crippen LogP contribution in [0, 0.1) is 5.92 Å². The standard InChI is InChI=1S/C16H24N2O2/c1-4-12(5-2)11-18(6-3)16(20)14-9-7-13(8-10-14)15(17)19/h7-10,12H,4-6,11H2,1-3H3,(H2,17,19). The minimum absolute atomic E-state index is 0.00965.